The molecule has 7 atom stereocenters. The summed E-state index contributed by atoms with van der Waals surface area (Å²) in [6.07, 6.45) is 8.86. The molecule has 3 saturated heterocycles. The fourth-order valence-corrected chi connectivity index (χ4v) is 7.98. The molecular weight excluding hydrogens is 540 g/mol. The van der Waals surface area contributed by atoms with Crippen LogP contribution in [-0.4, -0.2) is 87.1 Å². The number of carbonyl (C=O) groups excluding carboxylic acids is 3. The van der Waals surface area contributed by atoms with Crippen molar-refractivity contribution in [1.82, 2.24) is 9.80 Å². The van der Waals surface area contributed by atoms with Gasteiger partial charge in [0, 0.05) is 17.4 Å². The number of hydrogen-bond donors (Lipinski definition) is 1. The lowest BCUT2D eigenvalue weighted by Gasteiger charge is -2.43. The van der Waals surface area contributed by atoms with Crippen molar-refractivity contribution in [2.75, 3.05) is 19.8 Å². The van der Waals surface area contributed by atoms with Gasteiger partial charge in [-0.2, -0.15) is 0 Å². The fourth-order valence-electron chi connectivity index (χ4n) is 7.04. The summed E-state index contributed by atoms with van der Waals surface area (Å²) in [6.45, 7) is 11.7. The number of hydrogen-bond acceptors (Lipinski definition) is 6. The third-order valence-corrected chi connectivity index (χ3v) is 9.58. The SMILES string of the molecule is C=CCCOC(=O)[C@H]1[C@H]2C(=O)N([C@@H](CO)C(C)C)C(C(=O)N(CC=C)C3CCCCC3)C23CC(Br)[C@@H]1O3. The van der Waals surface area contributed by atoms with Crippen LogP contribution < -0.4 is 0 Å². The highest BCUT2D eigenvalue weighted by Gasteiger charge is 2.77. The third kappa shape index (κ3) is 4.80. The molecule has 8 nitrogen and oxygen atoms in total. The van der Waals surface area contributed by atoms with Crippen LogP contribution in [0.25, 0.3) is 0 Å². The van der Waals surface area contributed by atoms with Gasteiger partial charge in [-0.25, -0.2) is 0 Å². The van der Waals surface area contributed by atoms with E-state index in [1.807, 2.05) is 18.7 Å². The molecule has 0 aromatic heterocycles. The molecule has 9 heteroatoms. The Bertz CT molecular complexity index is 905. The molecule has 0 aromatic rings. The maximum Gasteiger partial charge on any atom is 0.312 e. The molecule has 4 fully saturated rings. The fraction of sp³-hybridized carbons (Fsp3) is 0.750. The van der Waals surface area contributed by atoms with E-state index in [2.05, 4.69) is 29.1 Å². The first-order valence-electron chi connectivity index (χ1n) is 13.7. The number of aliphatic hydroxyl groups is 1. The topological polar surface area (TPSA) is 96.4 Å². The number of likely N-dealkylation sites (tertiary alicyclic amines) is 1. The number of alkyl halides is 1. The molecule has 3 heterocycles. The van der Waals surface area contributed by atoms with Crippen molar-refractivity contribution in [3.63, 3.8) is 0 Å². The van der Waals surface area contributed by atoms with Gasteiger partial charge in [0.25, 0.3) is 0 Å². The van der Waals surface area contributed by atoms with Gasteiger partial charge in [0.1, 0.15) is 11.6 Å². The van der Waals surface area contributed by atoms with Gasteiger partial charge in [-0.3, -0.25) is 14.4 Å². The second kappa shape index (κ2) is 11.6. The van der Waals surface area contributed by atoms with Crippen molar-refractivity contribution in [2.24, 2.45) is 17.8 Å². The van der Waals surface area contributed by atoms with E-state index in [4.69, 9.17) is 9.47 Å². The van der Waals surface area contributed by atoms with Crippen LogP contribution in [0.4, 0.5) is 0 Å². The van der Waals surface area contributed by atoms with Crippen molar-refractivity contribution in [2.45, 2.75) is 93.5 Å². The van der Waals surface area contributed by atoms with Gasteiger partial charge >= 0.3 is 5.97 Å². The van der Waals surface area contributed by atoms with E-state index < -0.39 is 41.6 Å². The molecule has 0 radical (unpaired) electrons. The molecule has 1 saturated carbocycles. The van der Waals surface area contributed by atoms with E-state index in [0.717, 1.165) is 32.1 Å². The molecule has 1 N–H and O–H groups in total. The van der Waals surface area contributed by atoms with E-state index in [0.29, 0.717) is 19.4 Å². The first-order chi connectivity index (χ1) is 17.7. The Labute approximate surface area is 228 Å². The number of amides is 2. The summed E-state index contributed by atoms with van der Waals surface area (Å²) in [7, 11) is 0. The highest BCUT2D eigenvalue weighted by molar-refractivity contribution is 9.09. The van der Waals surface area contributed by atoms with Crippen molar-refractivity contribution in [1.29, 1.82) is 0 Å². The number of ether oxygens (including phenoxy) is 2. The van der Waals surface area contributed by atoms with Gasteiger partial charge in [-0.05, 0) is 31.6 Å². The van der Waals surface area contributed by atoms with Crippen LogP contribution in [0.3, 0.4) is 0 Å². The molecule has 4 rings (SSSR count). The Morgan fingerprint density at radius 2 is 1.97 bits per heavy atom. The average Bonchev–Trinajstić information content (AvgIpc) is 3.47. The summed E-state index contributed by atoms with van der Waals surface area (Å²) in [5.74, 6) is -2.71. The van der Waals surface area contributed by atoms with E-state index >= 15 is 0 Å². The van der Waals surface area contributed by atoms with Gasteiger partial charge < -0.3 is 24.4 Å². The van der Waals surface area contributed by atoms with Crippen LogP contribution in [0.2, 0.25) is 0 Å². The molecule has 0 aromatic carbocycles. The number of nitrogens with zero attached hydrogens (tertiary/aromatic N) is 2. The van der Waals surface area contributed by atoms with E-state index in [9.17, 15) is 19.5 Å². The van der Waals surface area contributed by atoms with Gasteiger partial charge in [-0.15, -0.1) is 13.2 Å². The summed E-state index contributed by atoms with van der Waals surface area (Å²) >= 11 is 3.69. The summed E-state index contributed by atoms with van der Waals surface area (Å²) in [6, 6.07) is -1.44. The largest absolute Gasteiger partial charge is 0.465 e. The number of carbonyl (C=O) groups is 3. The number of esters is 1. The van der Waals surface area contributed by atoms with Crippen molar-refractivity contribution < 1.29 is 29.0 Å². The second-order valence-corrected chi connectivity index (χ2v) is 12.4. The molecular formula is C28H41BrN2O6. The lowest BCUT2D eigenvalue weighted by Crippen LogP contribution is -2.61. The quantitative estimate of drug-likeness (QED) is 0.174. The second-order valence-electron chi connectivity index (χ2n) is 11.2. The minimum absolute atomic E-state index is 0.0660. The van der Waals surface area contributed by atoms with Crippen molar-refractivity contribution in [3.05, 3.63) is 25.3 Å². The predicted octanol–water partition coefficient (Wildman–Crippen LogP) is 3.22. The van der Waals surface area contributed by atoms with Crippen molar-refractivity contribution >= 4 is 33.7 Å². The zero-order valence-corrected chi connectivity index (χ0v) is 23.6. The zero-order chi connectivity index (χ0) is 26.9. The first kappa shape index (κ1) is 28.3. The molecule has 2 amide bonds. The highest BCUT2D eigenvalue weighted by atomic mass is 79.9. The standard InChI is InChI=1S/C28H41BrN2O6/c1-5-7-14-36-27(35)21-22-25(33)31(20(16-32)17(3)4)24(28(22)15-19(29)23(21)37-28)26(34)30(13-6-2)18-11-9-8-10-12-18/h5-6,17-24,32H,1-2,7-16H2,3-4H3/t19?,20-,21-,22-,23-,24?,28?/m0/s1. The molecule has 37 heavy (non-hydrogen) atoms. The van der Waals surface area contributed by atoms with Crippen LogP contribution in [-0.2, 0) is 23.9 Å². The summed E-state index contributed by atoms with van der Waals surface area (Å²) < 4.78 is 12.1. The molecule has 2 bridgehead atoms. The lowest BCUT2D eigenvalue weighted by molar-refractivity contribution is -0.157. The smallest absolute Gasteiger partial charge is 0.312 e. The van der Waals surface area contributed by atoms with Gasteiger partial charge in [-0.1, -0.05) is 61.2 Å². The lowest BCUT2D eigenvalue weighted by atomic mass is 9.70. The predicted molar refractivity (Wildman–Crippen MR) is 143 cm³/mol. The zero-order valence-electron chi connectivity index (χ0n) is 22.0. The summed E-state index contributed by atoms with van der Waals surface area (Å²) in [5.41, 5.74) is -1.16. The Morgan fingerprint density at radius 3 is 2.57 bits per heavy atom. The number of rotatable bonds is 11. The normalized spacial score (nSPS) is 33.9. The molecule has 1 spiro atoms. The molecule has 206 valence electrons. The number of halogens is 1. The minimum Gasteiger partial charge on any atom is -0.465 e. The molecule has 3 aliphatic heterocycles. The molecule has 1 aliphatic carbocycles. The average molecular weight is 582 g/mol. The van der Waals surface area contributed by atoms with Crippen LogP contribution >= 0.6 is 15.9 Å². The number of aliphatic hydroxyl groups excluding tert-OH is 1. The van der Waals surface area contributed by atoms with Gasteiger partial charge in [0.2, 0.25) is 11.8 Å². The maximum atomic E-state index is 14.5. The Kier molecular flexibility index (Phi) is 8.86. The van der Waals surface area contributed by atoms with Gasteiger partial charge in [0.15, 0.2) is 0 Å². The summed E-state index contributed by atoms with van der Waals surface area (Å²) in [5, 5.41) is 10.4. The first-order valence-corrected chi connectivity index (χ1v) is 14.6. The Hall–Kier alpha value is -1.71. The van der Waals surface area contributed by atoms with Gasteiger partial charge in [0.05, 0.1) is 37.2 Å². The van der Waals surface area contributed by atoms with E-state index in [1.165, 1.54) is 0 Å². The highest BCUT2D eigenvalue weighted by Crippen LogP contribution is 2.61. The van der Waals surface area contributed by atoms with Crippen LogP contribution in [0.5, 0.6) is 0 Å². The number of fused-ring (bicyclic) bond motifs is 1. The van der Waals surface area contributed by atoms with Crippen LogP contribution in [0.15, 0.2) is 25.3 Å². The summed E-state index contributed by atoms with van der Waals surface area (Å²) in [4.78, 5) is 45.3. The van der Waals surface area contributed by atoms with Crippen LogP contribution in [0, 0.1) is 17.8 Å². The Balaban J connectivity index is 1.77. The van der Waals surface area contributed by atoms with Crippen molar-refractivity contribution in [3.8, 4) is 0 Å². The monoisotopic (exact) mass is 580 g/mol. The maximum absolute atomic E-state index is 14.5. The van der Waals surface area contributed by atoms with E-state index in [1.54, 1.807) is 17.1 Å². The minimum atomic E-state index is -1.16. The molecule has 3 unspecified atom stereocenters. The molecule has 4 aliphatic rings. The van der Waals surface area contributed by atoms with E-state index in [-0.39, 0.29) is 41.8 Å². The van der Waals surface area contributed by atoms with Crippen LogP contribution in [0.1, 0.15) is 58.8 Å². The Morgan fingerprint density at radius 1 is 1.27 bits per heavy atom. The third-order valence-electron chi connectivity index (χ3n) is 8.74.